The van der Waals surface area contributed by atoms with Crippen molar-refractivity contribution in [2.24, 2.45) is 5.41 Å². The highest BCUT2D eigenvalue weighted by atomic mass is 16.5. The second kappa shape index (κ2) is 10.8. The van der Waals surface area contributed by atoms with Crippen LogP contribution in [0.3, 0.4) is 0 Å². The molecule has 0 aliphatic heterocycles. The van der Waals surface area contributed by atoms with Gasteiger partial charge in [0.05, 0.1) is 13.2 Å². The van der Waals surface area contributed by atoms with Crippen molar-refractivity contribution < 1.29 is 19.1 Å². The maximum absolute atomic E-state index is 12.5. The van der Waals surface area contributed by atoms with Crippen LogP contribution in [0.1, 0.15) is 45.7 Å². The lowest BCUT2D eigenvalue weighted by Crippen LogP contribution is -2.28. The summed E-state index contributed by atoms with van der Waals surface area (Å²) < 4.78 is 11.9. The third-order valence-corrected chi connectivity index (χ3v) is 5.56. The van der Waals surface area contributed by atoms with Gasteiger partial charge in [-0.3, -0.25) is 9.59 Å². The number of hydrogen-bond acceptors (Lipinski definition) is 4. The Hall–Kier alpha value is -4.18. The largest absolute Gasteiger partial charge is 0.493 e. The Balaban J connectivity index is 1.28. The molecule has 4 nitrogen and oxygen atoms in total. The molecule has 4 aromatic carbocycles. The first kappa shape index (κ1) is 24.0. The van der Waals surface area contributed by atoms with Gasteiger partial charge in [0.2, 0.25) is 0 Å². The molecule has 176 valence electrons. The molecular formula is C31H28O4. The Bertz CT molecular complexity index is 1160. The molecule has 0 amide bonds. The minimum atomic E-state index is -0.253. The van der Waals surface area contributed by atoms with E-state index < -0.39 is 0 Å². The van der Waals surface area contributed by atoms with Crippen molar-refractivity contribution in [3.05, 3.63) is 131 Å². The molecule has 0 unspecified atom stereocenters. The standard InChI is InChI=1S/C31H28O4/c1-31(2,21-34-27-17-13-25(14-18-27)29(32)23-9-5-3-6-10-23)22-35-28-19-15-26(16-20-28)30(33)24-11-7-4-8-12-24/h3-20H,21-22H2,1-2H3. The fraction of sp³-hybridized carbons (Fsp3) is 0.161. The normalized spacial score (nSPS) is 11.0. The lowest BCUT2D eigenvalue weighted by molar-refractivity contribution is 0.103. The summed E-state index contributed by atoms with van der Waals surface area (Å²) in [5.41, 5.74) is 2.33. The Morgan fingerprint density at radius 2 is 0.829 bits per heavy atom. The van der Waals surface area contributed by atoms with E-state index in [0.717, 1.165) is 0 Å². The van der Waals surface area contributed by atoms with Crippen molar-refractivity contribution in [1.82, 2.24) is 0 Å². The van der Waals surface area contributed by atoms with Crippen LogP contribution in [0.15, 0.2) is 109 Å². The highest BCUT2D eigenvalue weighted by Crippen LogP contribution is 2.23. The van der Waals surface area contributed by atoms with Crippen LogP contribution in [0.25, 0.3) is 0 Å². The van der Waals surface area contributed by atoms with Crippen LogP contribution < -0.4 is 9.47 Å². The Labute approximate surface area is 206 Å². The van der Waals surface area contributed by atoms with Crippen molar-refractivity contribution in [1.29, 1.82) is 0 Å². The van der Waals surface area contributed by atoms with Gasteiger partial charge in [0.15, 0.2) is 11.6 Å². The summed E-state index contributed by atoms with van der Waals surface area (Å²) >= 11 is 0. The zero-order valence-corrected chi connectivity index (χ0v) is 19.9. The molecule has 0 heterocycles. The third-order valence-electron chi connectivity index (χ3n) is 5.56. The van der Waals surface area contributed by atoms with Gasteiger partial charge in [-0.2, -0.15) is 0 Å². The summed E-state index contributed by atoms with van der Waals surface area (Å²) in [5.74, 6) is 1.38. The smallest absolute Gasteiger partial charge is 0.193 e. The zero-order chi connectivity index (χ0) is 24.7. The predicted molar refractivity (Wildman–Crippen MR) is 137 cm³/mol. The SMILES string of the molecule is CC(C)(COc1ccc(C(=O)c2ccccc2)cc1)COc1ccc(C(=O)c2ccccc2)cc1. The molecule has 0 aliphatic rings. The maximum Gasteiger partial charge on any atom is 0.193 e. The lowest BCUT2D eigenvalue weighted by Gasteiger charge is -2.25. The first-order valence-corrected chi connectivity index (χ1v) is 11.6. The molecule has 4 rings (SSSR count). The molecule has 0 bridgehead atoms. The van der Waals surface area contributed by atoms with E-state index in [0.29, 0.717) is 47.0 Å². The van der Waals surface area contributed by atoms with Crippen LogP contribution in [0, 0.1) is 5.41 Å². The second-order valence-electron chi connectivity index (χ2n) is 9.18. The van der Waals surface area contributed by atoms with Gasteiger partial charge in [0.1, 0.15) is 11.5 Å². The molecular weight excluding hydrogens is 436 g/mol. The van der Waals surface area contributed by atoms with Gasteiger partial charge in [-0.25, -0.2) is 0 Å². The number of ketones is 2. The molecule has 0 saturated heterocycles. The van der Waals surface area contributed by atoms with Crippen LogP contribution in [0.4, 0.5) is 0 Å². The Kier molecular flexibility index (Phi) is 7.41. The first-order valence-electron chi connectivity index (χ1n) is 11.6. The van der Waals surface area contributed by atoms with Crippen molar-refractivity contribution in [3.63, 3.8) is 0 Å². The topological polar surface area (TPSA) is 52.6 Å². The summed E-state index contributed by atoms with van der Waals surface area (Å²) in [7, 11) is 0. The zero-order valence-electron chi connectivity index (χ0n) is 19.9. The third kappa shape index (κ3) is 6.45. The summed E-state index contributed by atoms with van der Waals surface area (Å²) in [5, 5.41) is 0. The molecule has 0 N–H and O–H groups in total. The van der Waals surface area contributed by atoms with E-state index in [1.54, 1.807) is 24.3 Å². The van der Waals surface area contributed by atoms with Crippen molar-refractivity contribution in [3.8, 4) is 11.5 Å². The number of carbonyl (C=O) groups excluding carboxylic acids is 2. The molecule has 0 aliphatic carbocycles. The highest BCUT2D eigenvalue weighted by molar-refractivity contribution is 6.09. The first-order chi connectivity index (χ1) is 16.9. The van der Waals surface area contributed by atoms with Gasteiger partial charge in [0.25, 0.3) is 0 Å². The quantitative estimate of drug-likeness (QED) is 0.247. The average Bonchev–Trinajstić information content (AvgIpc) is 2.92. The minimum absolute atomic E-state index is 0.0117. The number of hydrogen-bond donors (Lipinski definition) is 0. The number of rotatable bonds is 10. The van der Waals surface area contributed by atoms with Crippen molar-refractivity contribution >= 4 is 11.6 Å². The van der Waals surface area contributed by atoms with Crippen LogP contribution in [-0.4, -0.2) is 24.8 Å². The van der Waals surface area contributed by atoms with Gasteiger partial charge in [-0.05, 0) is 48.5 Å². The molecule has 4 aromatic rings. The fourth-order valence-electron chi connectivity index (χ4n) is 3.52. The van der Waals surface area contributed by atoms with Crippen molar-refractivity contribution in [2.75, 3.05) is 13.2 Å². The Morgan fingerprint density at radius 1 is 0.514 bits per heavy atom. The van der Waals surface area contributed by atoms with E-state index in [2.05, 4.69) is 13.8 Å². The van der Waals surface area contributed by atoms with Crippen LogP contribution in [0.2, 0.25) is 0 Å². The molecule has 0 aromatic heterocycles. The minimum Gasteiger partial charge on any atom is -0.493 e. The molecule has 0 saturated carbocycles. The summed E-state index contributed by atoms with van der Waals surface area (Å²) in [6, 6.07) is 32.8. The van der Waals surface area contributed by atoms with Crippen LogP contribution in [-0.2, 0) is 0 Å². The van der Waals surface area contributed by atoms with E-state index in [-0.39, 0.29) is 17.0 Å². The van der Waals surface area contributed by atoms with Crippen molar-refractivity contribution in [2.45, 2.75) is 13.8 Å². The monoisotopic (exact) mass is 464 g/mol. The predicted octanol–water partition coefficient (Wildman–Crippen LogP) is 6.63. The number of carbonyl (C=O) groups is 2. The molecule has 4 heteroatoms. The molecule has 35 heavy (non-hydrogen) atoms. The summed E-state index contributed by atoms with van der Waals surface area (Å²) in [6.07, 6.45) is 0. The van der Waals surface area contributed by atoms with E-state index in [1.165, 1.54) is 0 Å². The van der Waals surface area contributed by atoms with E-state index in [4.69, 9.17) is 9.47 Å². The summed E-state index contributed by atoms with van der Waals surface area (Å²) in [6.45, 7) is 5.02. The number of ether oxygens (including phenoxy) is 2. The lowest BCUT2D eigenvalue weighted by atomic mass is 9.96. The van der Waals surface area contributed by atoms with Crippen LogP contribution >= 0.6 is 0 Å². The van der Waals surface area contributed by atoms with E-state index in [1.807, 2.05) is 84.9 Å². The molecule has 0 atom stereocenters. The highest BCUT2D eigenvalue weighted by Gasteiger charge is 2.21. The van der Waals surface area contributed by atoms with Crippen LogP contribution in [0.5, 0.6) is 11.5 Å². The average molecular weight is 465 g/mol. The summed E-state index contributed by atoms with van der Waals surface area (Å²) in [4.78, 5) is 25.1. The van der Waals surface area contributed by atoms with E-state index in [9.17, 15) is 9.59 Å². The van der Waals surface area contributed by atoms with Gasteiger partial charge in [0, 0.05) is 27.7 Å². The van der Waals surface area contributed by atoms with E-state index >= 15 is 0 Å². The number of benzene rings is 4. The van der Waals surface area contributed by atoms with Gasteiger partial charge < -0.3 is 9.47 Å². The molecule has 0 fully saturated rings. The van der Waals surface area contributed by atoms with Gasteiger partial charge in [-0.15, -0.1) is 0 Å². The maximum atomic E-state index is 12.5. The molecule has 0 spiro atoms. The Morgan fingerprint density at radius 3 is 1.17 bits per heavy atom. The fourth-order valence-corrected chi connectivity index (χ4v) is 3.52. The second-order valence-corrected chi connectivity index (χ2v) is 9.18. The van der Waals surface area contributed by atoms with Gasteiger partial charge >= 0.3 is 0 Å². The van der Waals surface area contributed by atoms with Gasteiger partial charge in [-0.1, -0.05) is 74.5 Å². The molecule has 0 radical (unpaired) electrons.